The lowest BCUT2D eigenvalue weighted by Crippen LogP contribution is -1.86. The van der Waals surface area contributed by atoms with Crippen molar-refractivity contribution in [1.29, 1.82) is 0 Å². The third-order valence-corrected chi connectivity index (χ3v) is 2.92. The van der Waals surface area contributed by atoms with Crippen LogP contribution >= 0.6 is 11.3 Å². The Hall–Kier alpha value is -1.42. The number of carbonyl (C=O) groups excluding carboxylic acids is 1. The summed E-state index contributed by atoms with van der Waals surface area (Å²) in [7, 11) is 0. The molecule has 66 valence electrons. The van der Waals surface area contributed by atoms with Crippen LogP contribution in [0.25, 0.3) is 10.1 Å². The number of thiophene rings is 1. The topological polar surface area (TPSA) is 43.1 Å². The second kappa shape index (κ2) is 2.81. The van der Waals surface area contributed by atoms with E-state index in [2.05, 4.69) is 0 Å². The highest BCUT2D eigenvalue weighted by Gasteiger charge is 2.08. The largest absolute Gasteiger partial charge is 0.397 e. The lowest BCUT2D eigenvalue weighted by molar-refractivity contribution is 0.112. The number of carbonyl (C=O) groups is 1. The Kier molecular flexibility index (Phi) is 1.77. The second-order valence-electron chi connectivity index (χ2n) is 2.64. The number of hydrogen-bond donors (Lipinski definition) is 1. The molecule has 4 heteroatoms. The minimum absolute atomic E-state index is 0.314. The van der Waals surface area contributed by atoms with Crippen LogP contribution in [-0.2, 0) is 0 Å². The van der Waals surface area contributed by atoms with Crippen LogP contribution in [0, 0.1) is 5.82 Å². The molecule has 13 heavy (non-hydrogen) atoms. The molecule has 0 unspecified atom stereocenters. The van der Waals surface area contributed by atoms with E-state index < -0.39 is 0 Å². The zero-order chi connectivity index (χ0) is 9.42. The number of fused-ring (bicyclic) bond motifs is 1. The molecule has 2 aromatic rings. The predicted molar refractivity (Wildman–Crippen MR) is 51.6 cm³/mol. The quantitative estimate of drug-likeness (QED) is 0.710. The van der Waals surface area contributed by atoms with Crippen LogP contribution in [0.3, 0.4) is 0 Å². The summed E-state index contributed by atoms with van der Waals surface area (Å²) in [5, 5.41) is 0.744. The van der Waals surface area contributed by atoms with Crippen molar-refractivity contribution >= 4 is 33.4 Å². The van der Waals surface area contributed by atoms with Crippen LogP contribution < -0.4 is 5.73 Å². The Morgan fingerprint density at radius 3 is 2.92 bits per heavy atom. The van der Waals surface area contributed by atoms with Gasteiger partial charge in [0.25, 0.3) is 0 Å². The first-order valence-electron chi connectivity index (χ1n) is 3.65. The van der Waals surface area contributed by atoms with Crippen molar-refractivity contribution in [3.63, 3.8) is 0 Å². The molecule has 0 saturated heterocycles. The number of nitrogens with two attached hydrogens (primary N) is 1. The van der Waals surface area contributed by atoms with E-state index in [0.717, 1.165) is 5.39 Å². The number of halogens is 1. The average Bonchev–Trinajstić information content (AvgIpc) is 2.42. The highest BCUT2D eigenvalue weighted by atomic mass is 32.1. The molecule has 1 heterocycles. The summed E-state index contributed by atoms with van der Waals surface area (Å²) in [5.74, 6) is -0.314. The van der Waals surface area contributed by atoms with Gasteiger partial charge in [0.2, 0.25) is 0 Å². The fourth-order valence-corrected chi connectivity index (χ4v) is 2.16. The molecule has 0 spiro atoms. The van der Waals surface area contributed by atoms with Crippen LogP contribution in [-0.4, -0.2) is 6.29 Å². The number of rotatable bonds is 1. The van der Waals surface area contributed by atoms with Crippen molar-refractivity contribution in [2.45, 2.75) is 0 Å². The maximum atomic E-state index is 12.8. The number of aldehydes is 1. The lowest BCUT2D eigenvalue weighted by atomic mass is 10.2. The maximum Gasteiger partial charge on any atom is 0.162 e. The average molecular weight is 195 g/mol. The Balaban J connectivity index is 2.83. The summed E-state index contributed by atoms with van der Waals surface area (Å²) in [6, 6.07) is 4.30. The molecular formula is C9H6FNOS. The summed E-state index contributed by atoms with van der Waals surface area (Å²) in [6.07, 6.45) is 0.692. The molecule has 0 saturated carbocycles. The van der Waals surface area contributed by atoms with Crippen LogP contribution in [0.4, 0.5) is 10.1 Å². The van der Waals surface area contributed by atoms with Crippen LogP contribution in [0.2, 0.25) is 0 Å². The smallest absolute Gasteiger partial charge is 0.162 e. The molecule has 2 rings (SSSR count). The molecule has 2 nitrogen and oxygen atoms in total. The number of benzene rings is 1. The summed E-state index contributed by atoms with van der Waals surface area (Å²) in [6.45, 7) is 0. The van der Waals surface area contributed by atoms with Crippen LogP contribution in [0.5, 0.6) is 0 Å². The summed E-state index contributed by atoms with van der Waals surface area (Å²) in [4.78, 5) is 11.0. The van der Waals surface area contributed by atoms with E-state index in [0.29, 0.717) is 21.6 Å². The van der Waals surface area contributed by atoms with Gasteiger partial charge >= 0.3 is 0 Å². The van der Waals surface area contributed by atoms with Gasteiger partial charge in [-0.25, -0.2) is 4.39 Å². The van der Waals surface area contributed by atoms with Crippen molar-refractivity contribution in [2.75, 3.05) is 5.73 Å². The molecule has 0 aliphatic rings. The van der Waals surface area contributed by atoms with Crippen LogP contribution in [0.1, 0.15) is 9.67 Å². The van der Waals surface area contributed by atoms with Gasteiger partial charge in [-0.15, -0.1) is 11.3 Å². The van der Waals surface area contributed by atoms with E-state index in [9.17, 15) is 9.18 Å². The van der Waals surface area contributed by atoms with Gasteiger partial charge in [0, 0.05) is 10.1 Å². The SMILES string of the molecule is Nc1c(C=O)sc2cc(F)ccc12. The number of hydrogen-bond acceptors (Lipinski definition) is 3. The summed E-state index contributed by atoms with van der Waals surface area (Å²) < 4.78 is 13.5. The van der Waals surface area contributed by atoms with Crippen molar-refractivity contribution in [1.82, 2.24) is 0 Å². The van der Waals surface area contributed by atoms with Gasteiger partial charge in [-0.1, -0.05) is 0 Å². The minimum Gasteiger partial charge on any atom is -0.397 e. The Labute approximate surface area is 77.8 Å². The van der Waals surface area contributed by atoms with E-state index in [1.54, 1.807) is 6.07 Å². The highest BCUT2D eigenvalue weighted by molar-refractivity contribution is 7.21. The standard InChI is InChI=1S/C9H6FNOS/c10-5-1-2-6-7(3-5)13-8(4-12)9(6)11/h1-4H,11H2. The van der Waals surface area contributed by atoms with E-state index in [-0.39, 0.29) is 5.82 Å². The Morgan fingerprint density at radius 1 is 1.46 bits per heavy atom. The van der Waals surface area contributed by atoms with Gasteiger partial charge in [-0.3, -0.25) is 4.79 Å². The molecule has 0 bridgehead atoms. The fourth-order valence-electron chi connectivity index (χ4n) is 1.20. The Morgan fingerprint density at radius 2 is 2.23 bits per heavy atom. The van der Waals surface area contributed by atoms with Gasteiger partial charge in [0.05, 0.1) is 10.6 Å². The van der Waals surface area contributed by atoms with Gasteiger partial charge in [0.15, 0.2) is 6.29 Å². The molecule has 0 aliphatic carbocycles. The summed E-state index contributed by atoms with van der Waals surface area (Å²) >= 11 is 1.20. The first-order chi connectivity index (χ1) is 6.22. The Bertz CT molecular complexity index is 478. The van der Waals surface area contributed by atoms with Gasteiger partial charge in [-0.05, 0) is 18.2 Å². The molecule has 1 aromatic heterocycles. The highest BCUT2D eigenvalue weighted by Crippen LogP contribution is 2.32. The van der Waals surface area contributed by atoms with Gasteiger partial charge < -0.3 is 5.73 Å². The van der Waals surface area contributed by atoms with Crippen molar-refractivity contribution in [2.24, 2.45) is 0 Å². The molecule has 0 radical (unpaired) electrons. The molecule has 1 aromatic carbocycles. The zero-order valence-electron chi connectivity index (χ0n) is 6.58. The lowest BCUT2D eigenvalue weighted by Gasteiger charge is -1.90. The third-order valence-electron chi connectivity index (χ3n) is 1.83. The second-order valence-corrected chi connectivity index (χ2v) is 3.72. The normalized spacial score (nSPS) is 10.5. The zero-order valence-corrected chi connectivity index (χ0v) is 7.40. The third kappa shape index (κ3) is 1.19. The predicted octanol–water partition coefficient (Wildman–Crippen LogP) is 2.44. The number of anilines is 1. The van der Waals surface area contributed by atoms with E-state index >= 15 is 0 Å². The fraction of sp³-hybridized carbons (Fsp3) is 0. The van der Waals surface area contributed by atoms with Crippen molar-refractivity contribution in [3.8, 4) is 0 Å². The first-order valence-corrected chi connectivity index (χ1v) is 4.46. The van der Waals surface area contributed by atoms with Gasteiger partial charge in [-0.2, -0.15) is 0 Å². The van der Waals surface area contributed by atoms with Crippen molar-refractivity contribution in [3.05, 3.63) is 28.9 Å². The molecule has 0 fully saturated rings. The molecule has 0 amide bonds. The molecular weight excluding hydrogens is 189 g/mol. The monoisotopic (exact) mass is 195 g/mol. The number of nitrogen functional groups attached to an aromatic ring is 1. The van der Waals surface area contributed by atoms with E-state index in [4.69, 9.17) is 5.73 Å². The van der Waals surface area contributed by atoms with Crippen LogP contribution in [0.15, 0.2) is 18.2 Å². The molecule has 0 aliphatic heterocycles. The van der Waals surface area contributed by atoms with E-state index in [1.807, 2.05) is 0 Å². The minimum atomic E-state index is -0.314. The van der Waals surface area contributed by atoms with Crippen molar-refractivity contribution < 1.29 is 9.18 Å². The molecule has 2 N–H and O–H groups in total. The maximum absolute atomic E-state index is 12.8. The van der Waals surface area contributed by atoms with Gasteiger partial charge in [0.1, 0.15) is 5.82 Å². The molecule has 0 atom stereocenters. The summed E-state index contributed by atoms with van der Waals surface area (Å²) in [5.41, 5.74) is 6.10. The van der Waals surface area contributed by atoms with E-state index in [1.165, 1.54) is 23.5 Å². The first kappa shape index (κ1) is 8.19.